The van der Waals surface area contributed by atoms with Crippen molar-refractivity contribution in [2.24, 2.45) is 0 Å². The minimum absolute atomic E-state index is 0.166. The molecule has 0 aromatic heterocycles. The molecule has 0 aromatic rings. The molecule has 0 aliphatic carbocycles. The molecule has 1 heterocycles. The van der Waals surface area contributed by atoms with E-state index in [0.29, 0.717) is 6.04 Å². The van der Waals surface area contributed by atoms with Crippen LogP contribution in [0.1, 0.15) is 47.0 Å². The lowest BCUT2D eigenvalue weighted by Gasteiger charge is -2.41. The van der Waals surface area contributed by atoms with Crippen LogP contribution < -0.4 is 0 Å². The standard InChI is InChI=1S/C14H28N2O2/c1-11(15(5)6)12-9-7-8-10-16(12)13(17)18-14(2,3)4/h11-12H,7-10H2,1-6H3/t11-,12+/m0/s1. The number of rotatable bonds is 2. The third-order valence-corrected chi connectivity index (χ3v) is 3.55. The smallest absolute Gasteiger partial charge is 0.410 e. The lowest BCUT2D eigenvalue weighted by Crippen LogP contribution is -2.53. The summed E-state index contributed by atoms with van der Waals surface area (Å²) >= 11 is 0. The Morgan fingerprint density at radius 1 is 1.33 bits per heavy atom. The second-order valence-electron chi connectivity index (χ2n) is 6.44. The van der Waals surface area contributed by atoms with Crippen molar-refractivity contribution in [1.29, 1.82) is 0 Å². The molecule has 4 heteroatoms. The van der Waals surface area contributed by atoms with Gasteiger partial charge in [0.2, 0.25) is 0 Å². The fraction of sp³-hybridized carbons (Fsp3) is 0.929. The van der Waals surface area contributed by atoms with E-state index in [1.807, 2.05) is 25.7 Å². The van der Waals surface area contributed by atoms with Crippen molar-refractivity contribution in [3.8, 4) is 0 Å². The molecule has 4 nitrogen and oxygen atoms in total. The third-order valence-electron chi connectivity index (χ3n) is 3.55. The predicted molar refractivity (Wildman–Crippen MR) is 73.7 cm³/mol. The van der Waals surface area contributed by atoms with E-state index in [1.165, 1.54) is 6.42 Å². The Hall–Kier alpha value is -0.770. The van der Waals surface area contributed by atoms with Crippen LogP contribution in [0.15, 0.2) is 0 Å². The van der Waals surface area contributed by atoms with Crippen molar-refractivity contribution in [2.45, 2.75) is 64.6 Å². The Morgan fingerprint density at radius 2 is 1.94 bits per heavy atom. The zero-order chi connectivity index (χ0) is 13.9. The summed E-state index contributed by atoms with van der Waals surface area (Å²) in [6.07, 6.45) is 3.18. The highest BCUT2D eigenvalue weighted by Crippen LogP contribution is 2.24. The number of carbonyl (C=O) groups is 1. The van der Waals surface area contributed by atoms with Crippen molar-refractivity contribution < 1.29 is 9.53 Å². The molecule has 106 valence electrons. The number of likely N-dealkylation sites (tertiary alicyclic amines) is 1. The van der Waals surface area contributed by atoms with Crippen LogP contribution in [0.3, 0.4) is 0 Å². The number of likely N-dealkylation sites (N-methyl/N-ethyl adjacent to an activating group) is 1. The van der Waals surface area contributed by atoms with E-state index in [1.54, 1.807) is 0 Å². The number of ether oxygens (including phenoxy) is 1. The lowest BCUT2D eigenvalue weighted by atomic mass is 9.96. The Kier molecular flexibility index (Phi) is 5.02. The number of hydrogen-bond donors (Lipinski definition) is 0. The summed E-state index contributed by atoms with van der Waals surface area (Å²) in [6, 6.07) is 0.626. The molecule has 0 saturated carbocycles. The normalized spacial score (nSPS) is 23.1. The molecule has 0 unspecified atom stereocenters. The first-order chi connectivity index (χ1) is 8.22. The zero-order valence-corrected chi connectivity index (χ0v) is 12.7. The van der Waals surface area contributed by atoms with Gasteiger partial charge in [0, 0.05) is 12.6 Å². The van der Waals surface area contributed by atoms with E-state index in [0.717, 1.165) is 19.4 Å². The highest BCUT2D eigenvalue weighted by molar-refractivity contribution is 5.68. The van der Waals surface area contributed by atoms with E-state index in [9.17, 15) is 4.79 Å². The molecule has 0 aromatic carbocycles. The van der Waals surface area contributed by atoms with E-state index in [-0.39, 0.29) is 12.1 Å². The number of nitrogens with zero attached hydrogens (tertiary/aromatic N) is 2. The molecule has 0 N–H and O–H groups in total. The molecule has 1 aliphatic heterocycles. The molecule has 1 saturated heterocycles. The van der Waals surface area contributed by atoms with Crippen molar-refractivity contribution in [2.75, 3.05) is 20.6 Å². The van der Waals surface area contributed by atoms with Gasteiger partial charge in [-0.3, -0.25) is 0 Å². The second-order valence-corrected chi connectivity index (χ2v) is 6.44. The van der Waals surface area contributed by atoms with E-state index in [4.69, 9.17) is 4.74 Å². The first-order valence-corrected chi connectivity index (χ1v) is 6.88. The van der Waals surface area contributed by atoms with Gasteiger partial charge in [-0.25, -0.2) is 4.79 Å². The van der Waals surface area contributed by atoms with Gasteiger partial charge in [0.1, 0.15) is 5.60 Å². The van der Waals surface area contributed by atoms with Crippen LogP contribution in [0.25, 0.3) is 0 Å². The number of carbonyl (C=O) groups excluding carboxylic acids is 1. The maximum atomic E-state index is 12.2. The maximum absolute atomic E-state index is 12.2. The van der Waals surface area contributed by atoms with Crippen molar-refractivity contribution in [1.82, 2.24) is 9.80 Å². The van der Waals surface area contributed by atoms with Crippen molar-refractivity contribution in [3.63, 3.8) is 0 Å². The summed E-state index contributed by atoms with van der Waals surface area (Å²) in [7, 11) is 4.12. The molecule has 1 fully saturated rings. The first kappa shape index (κ1) is 15.3. The van der Waals surface area contributed by atoms with Crippen LogP contribution in [0, 0.1) is 0 Å². The summed E-state index contributed by atoms with van der Waals surface area (Å²) < 4.78 is 5.51. The first-order valence-electron chi connectivity index (χ1n) is 6.88. The number of hydrogen-bond acceptors (Lipinski definition) is 3. The van der Waals surface area contributed by atoms with Gasteiger partial charge in [0.05, 0.1) is 6.04 Å². The summed E-state index contributed by atoms with van der Waals surface area (Å²) in [5, 5.41) is 0. The van der Waals surface area contributed by atoms with Gasteiger partial charge in [-0.05, 0) is 61.1 Å². The van der Waals surface area contributed by atoms with Crippen LogP contribution in [0.4, 0.5) is 4.79 Å². The van der Waals surface area contributed by atoms with Crippen LogP contribution in [0.2, 0.25) is 0 Å². The maximum Gasteiger partial charge on any atom is 0.410 e. The molecule has 0 radical (unpaired) electrons. The molecule has 0 bridgehead atoms. The van der Waals surface area contributed by atoms with E-state index < -0.39 is 5.60 Å². The Labute approximate surface area is 111 Å². The minimum atomic E-state index is -0.416. The third kappa shape index (κ3) is 4.16. The van der Waals surface area contributed by atoms with Gasteiger partial charge in [-0.2, -0.15) is 0 Å². The van der Waals surface area contributed by atoms with Crippen LogP contribution in [-0.2, 0) is 4.74 Å². The quantitative estimate of drug-likeness (QED) is 0.761. The molecule has 1 amide bonds. The summed E-state index contributed by atoms with van der Waals surface area (Å²) in [5.41, 5.74) is -0.416. The highest BCUT2D eigenvalue weighted by atomic mass is 16.6. The molecular weight excluding hydrogens is 228 g/mol. The van der Waals surface area contributed by atoms with Crippen LogP contribution in [0.5, 0.6) is 0 Å². The number of amides is 1. The van der Waals surface area contributed by atoms with Gasteiger partial charge < -0.3 is 14.5 Å². The second kappa shape index (κ2) is 5.91. The average molecular weight is 256 g/mol. The Bertz CT molecular complexity index is 284. The van der Waals surface area contributed by atoms with Gasteiger partial charge >= 0.3 is 6.09 Å². The monoisotopic (exact) mass is 256 g/mol. The topological polar surface area (TPSA) is 32.8 Å². The zero-order valence-electron chi connectivity index (χ0n) is 12.7. The average Bonchev–Trinajstić information content (AvgIpc) is 2.25. The van der Waals surface area contributed by atoms with Crippen molar-refractivity contribution >= 4 is 6.09 Å². The van der Waals surface area contributed by atoms with E-state index in [2.05, 4.69) is 25.9 Å². The van der Waals surface area contributed by atoms with Gasteiger partial charge in [-0.1, -0.05) is 0 Å². The molecular formula is C14H28N2O2. The summed E-state index contributed by atoms with van der Waals surface area (Å²) in [6.45, 7) is 8.74. The van der Waals surface area contributed by atoms with Crippen LogP contribution in [-0.4, -0.2) is 54.2 Å². The largest absolute Gasteiger partial charge is 0.444 e. The molecule has 18 heavy (non-hydrogen) atoms. The molecule has 2 atom stereocenters. The summed E-state index contributed by atoms with van der Waals surface area (Å²) in [5.74, 6) is 0. The van der Waals surface area contributed by atoms with E-state index >= 15 is 0 Å². The predicted octanol–water partition coefficient (Wildman–Crippen LogP) is 2.73. The Balaban J connectivity index is 2.73. The lowest BCUT2D eigenvalue weighted by molar-refractivity contribution is -0.000424. The van der Waals surface area contributed by atoms with Crippen molar-refractivity contribution in [3.05, 3.63) is 0 Å². The highest BCUT2D eigenvalue weighted by Gasteiger charge is 2.34. The molecule has 0 spiro atoms. The fourth-order valence-corrected chi connectivity index (χ4v) is 2.35. The van der Waals surface area contributed by atoms with Gasteiger partial charge in [-0.15, -0.1) is 0 Å². The minimum Gasteiger partial charge on any atom is -0.444 e. The summed E-state index contributed by atoms with van der Waals surface area (Å²) in [4.78, 5) is 16.3. The number of piperidine rings is 1. The molecule has 1 aliphatic rings. The van der Waals surface area contributed by atoms with Gasteiger partial charge in [0.25, 0.3) is 0 Å². The fourth-order valence-electron chi connectivity index (χ4n) is 2.35. The Morgan fingerprint density at radius 3 is 2.44 bits per heavy atom. The van der Waals surface area contributed by atoms with Crippen LogP contribution >= 0.6 is 0 Å². The van der Waals surface area contributed by atoms with Gasteiger partial charge in [0.15, 0.2) is 0 Å². The SMILES string of the molecule is C[C@@H]([C@H]1CCCCN1C(=O)OC(C)(C)C)N(C)C. The molecule has 1 rings (SSSR count).